The number of ether oxygens (including phenoxy) is 2. The molecule has 0 fully saturated rings. The van der Waals surface area contributed by atoms with Gasteiger partial charge in [0.1, 0.15) is 16.5 Å². The second-order valence-electron chi connectivity index (χ2n) is 5.64. The molecule has 0 radical (unpaired) electrons. The van der Waals surface area contributed by atoms with Gasteiger partial charge in [-0.1, -0.05) is 17.7 Å². The van der Waals surface area contributed by atoms with Crippen LogP contribution in [0, 0.1) is 6.92 Å². The van der Waals surface area contributed by atoms with Crippen molar-refractivity contribution in [2.75, 3.05) is 25.8 Å². The molecule has 0 aliphatic carbocycles. The van der Waals surface area contributed by atoms with Gasteiger partial charge >= 0.3 is 0 Å². The van der Waals surface area contributed by atoms with Gasteiger partial charge in [-0.2, -0.15) is 0 Å². The molecule has 0 aliphatic heterocycles. The van der Waals surface area contributed by atoms with E-state index in [-0.39, 0.29) is 5.91 Å². The first-order chi connectivity index (χ1) is 13.5. The summed E-state index contributed by atoms with van der Waals surface area (Å²) in [7, 11) is 3.02. The van der Waals surface area contributed by atoms with Gasteiger partial charge in [0.15, 0.2) is 5.82 Å². The molecule has 0 bridgehead atoms. The highest BCUT2D eigenvalue weighted by Gasteiger charge is 2.21. The molecule has 0 saturated carbocycles. The Morgan fingerprint density at radius 1 is 1.21 bits per heavy atom. The molecule has 6 nitrogen and oxygen atoms in total. The zero-order valence-corrected chi connectivity index (χ0v) is 18.1. The van der Waals surface area contributed by atoms with Crippen molar-refractivity contribution in [1.82, 2.24) is 9.97 Å². The van der Waals surface area contributed by atoms with Gasteiger partial charge in [-0.25, -0.2) is 9.97 Å². The van der Waals surface area contributed by atoms with Crippen molar-refractivity contribution in [1.29, 1.82) is 0 Å². The summed E-state index contributed by atoms with van der Waals surface area (Å²) in [6.07, 6.45) is 1.88. The normalized spacial score (nSPS) is 10.6. The summed E-state index contributed by atoms with van der Waals surface area (Å²) in [6.45, 7) is 1.80. The molecule has 2 heterocycles. The highest BCUT2D eigenvalue weighted by atomic mass is 35.5. The number of nitrogens with one attached hydrogen (secondary N) is 1. The lowest BCUT2D eigenvalue weighted by Crippen LogP contribution is -2.17. The van der Waals surface area contributed by atoms with Gasteiger partial charge in [0.25, 0.3) is 5.91 Å². The molecular weight excluding hydrogens is 418 g/mol. The minimum absolute atomic E-state index is 0.334. The predicted octanol–water partition coefficient (Wildman–Crippen LogP) is 5.16. The van der Waals surface area contributed by atoms with E-state index in [1.54, 1.807) is 30.4 Å². The average molecular weight is 436 g/mol. The highest BCUT2D eigenvalue weighted by molar-refractivity contribution is 7.98. The molecule has 3 rings (SSSR count). The van der Waals surface area contributed by atoms with Crippen LogP contribution in [0.2, 0.25) is 5.02 Å². The van der Waals surface area contributed by atoms with Crippen molar-refractivity contribution >= 4 is 46.3 Å². The Labute approximate surface area is 176 Å². The molecule has 1 N–H and O–H groups in total. The lowest BCUT2D eigenvalue weighted by molar-refractivity contribution is 0.102. The minimum atomic E-state index is -0.334. The number of carbonyl (C=O) groups excluding carboxylic acids is 1. The monoisotopic (exact) mass is 435 g/mol. The van der Waals surface area contributed by atoms with Crippen molar-refractivity contribution in [3.63, 3.8) is 0 Å². The predicted molar refractivity (Wildman–Crippen MR) is 114 cm³/mol. The SMILES string of the molecule is COc1cc(OC)c(NC(=O)c2c(C)nc(-c3cccs3)nc2SC)cc1Cl. The number of thiophene rings is 1. The van der Waals surface area contributed by atoms with Crippen LogP contribution in [-0.4, -0.2) is 36.4 Å². The van der Waals surface area contributed by atoms with Crippen LogP contribution >= 0.6 is 34.7 Å². The number of aryl methyl sites for hydroxylation is 1. The topological polar surface area (TPSA) is 73.3 Å². The molecule has 3 aromatic rings. The average Bonchev–Trinajstić information content (AvgIpc) is 3.22. The first-order valence-electron chi connectivity index (χ1n) is 8.17. The van der Waals surface area contributed by atoms with E-state index >= 15 is 0 Å². The van der Waals surface area contributed by atoms with E-state index in [4.69, 9.17) is 21.1 Å². The third kappa shape index (κ3) is 4.09. The number of amides is 1. The molecule has 0 saturated heterocycles. The van der Waals surface area contributed by atoms with Crippen molar-refractivity contribution in [2.45, 2.75) is 11.9 Å². The van der Waals surface area contributed by atoms with Crippen LogP contribution in [-0.2, 0) is 0 Å². The minimum Gasteiger partial charge on any atom is -0.495 e. The van der Waals surface area contributed by atoms with Gasteiger partial charge in [0, 0.05) is 6.07 Å². The van der Waals surface area contributed by atoms with E-state index in [0.29, 0.717) is 44.3 Å². The molecule has 146 valence electrons. The Morgan fingerprint density at radius 2 is 1.96 bits per heavy atom. The summed E-state index contributed by atoms with van der Waals surface area (Å²) in [5.74, 6) is 1.17. The molecule has 0 spiro atoms. The van der Waals surface area contributed by atoms with E-state index in [2.05, 4.69) is 15.3 Å². The summed E-state index contributed by atoms with van der Waals surface area (Å²) >= 11 is 9.14. The van der Waals surface area contributed by atoms with Gasteiger partial charge in [0.05, 0.1) is 41.1 Å². The van der Waals surface area contributed by atoms with Crippen LogP contribution in [0.25, 0.3) is 10.7 Å². The zero-order valence-electron chi connectivity index (χ0n) is 15.7. The molecule has 1 aromatic carbocycles. The highest BCUT2D eigenvalue weighted by Crippen LogP contribution is 2.36. The largest absolute Gasteiger partial charge is 0.495 e. The van der Waals surface area contributed by atoms with E-state index in [1.165, 1.54) is 26.0 Å². The number of hydrogen-bond donors (Lipinski definition) is 1. The summed E-state index contributed by atoms with van der Waals surface area (Å²) in [6, 6.07) is 7.11. The van der Waals surface area contributed by atoms with Crippen LogP contribution in [0.15, 0.2) is 34.7 Å². The second-order valence-corrected chi connectivity index (χ2v) is 7.79. The van der Waals surface area contributed by atoms with Crippen LogP contribution in [0.4, 0.5) is 5.69 Å². The third-order valence-electron chi connectivity index (χ3n) is 3.94. The fourth-order valence-corrected chi connectivity index (χ4v) is 4.13. The van der Waals surface area contributed by atoms with Crippen molar-refractivity contribution in [3.8, 4) is 22.2 Å². The number of thioether (sulfide) groups is 1. The van der Waals surface area contributed by atoms with E-state index < -0.39 is 0 Å². The van der Waals surface area contributed by atoms with E-state index in [0.717, 1.165) is 4.88 Å². The van der Waals surface area contributed by atoms with E-state index in [1.807, 2.05) is 23.8 Å². The molecule has 0 atom stereocenters. The Bertz CT molecular complexity index is 1010. The maximum Gasteiger partial charge on any atom is 0.260 e. The number of benzene rings is 1. The van der Waals surface area contributed by atoms with E-state index in [9.17, 15) is 4.79 Å². The molecule has 0 unspecified atom stereocenters. The number of nitrogens with zero attached hydrogens (tertiary/aromatic N) is 2. The number of methoxy groups -OCH3 is 2. The maximum atomic E-state index is 13.0. The Kier molecular flexibility index (Phi) is 6.43. The Morgan fingerprint density at radius 3 is 2.57 bits per heavy atom. The maximum absolute atomic E-state index is 13.0. The Hall–Kier alpha value is -2.29. The first kappa shape index (κ1) is 20.4. The number of halogens is 1. The molecule has 0 aliphatic rings. The molecular formula is C19H18ClN3O3S2. The summed E-state index contributed by atoms with van der Waals surface area (Å²) in [4.78, 5) is 23.1. The Balaban J connectivity index is 1.98. The number of carbonyl (C=O) groups is 1. The van der Waals surface area contributed by atoms with Crippen LogP contribution < -0.4 is 14.8 Å². The fraction of sp³-hybridized carbons (Fsp3) is 0.211. The number of rotatable bonds is 6. The van der Waals surface area contributed by atoms with Gasteiger partial charge in [0.2, 0.25) is 0 Å². The second kappa shape index (κ2) is 8.81. The third-order valence-corrected chi connectivity index (χ3v) is 5.78. The standard InChI is InChI=1S/C19H18ClN3O3S2/c1-10-16(19(27-4)23-17(21-10)15-6-5-7-28-15)18(24)22-12-8-11(20)13(25-2)9-14(12)26-3/h5-9H,1-4H3,(H,22,24). The van der Waals surface area contributed by atoms with Gasteiger partial charge in [-0.05, 0) is 30.7 Å². The van der Waals surface area contributed by atoms with Crippen LogP contribution in [0.1, 0.15) is 16.1 Å². The van der Waals surface area contributed by atoms with Crippen molar-refractivity contribution in [3.05, 3.63) is 45.9 Å². The smallest absolute Gasteiger partial charge is 0.260 e. The zero-order chi connectivity index (χ0) is 20.3. The lowest BCUT2D eigenvalue weighted by atomic mass is 10.2. The molecule has 1 amide bonds. The van der Waals surface area contributed by atoms with Gasteiger partial charge < -0.3 is 14.8 Å². The molecule has 28 heavy (non-hydrogen) atoms. The van der Waals surface area contributed by atoms with Crippen LogP contribution in [0.3, 0.4) is 0 Å². The summed E-state index contributed by atoms with van der Waals surface area (Å²) < 4.78 is 10.5. The molecule has 2 aromatic heterocycles. The fourth-order valence-electron chi connectivity index (χ4n) is 2.61. The summed E-state index contributed by atoms with van der Waals surface area (Å²) in [5.41, 5.74) is 1.45. The lowest BCUT2D eigenvalue weighted by Gasteiger charge is -2.15. The summed E-state index contributed by atoms with van der Waals surface area (Å²) in [5, 5.41) is 5.78. The number of hydrogen-bond acceptors (Lipinski definition) is 7. The van der Waals surface area contributed by atoms with Crippen molar-refractivity contribution in [2.24, 2.45) is 0 Å². The first-order valence-corrected chi connectivity index (χ1v) is 10.7. The van der Waals surface area contributed by atoms with Crippen LogP contribution in [0.5, 0.6) is 11.5 Å². The van der Waals surface area contributed by atoms with Crippen molar-refractivity contribution < 1.29 is 14.3 Å². The van der Waals surface area contributed by atoms with Gasteiger partial charge in [-0.15, -0.1) is 23.1 Å². The van der Waals surface area contributed by atoms with Gasteiger partial charge in [-0.3, -0.25) is 4.79 Å². The quantitative estimate of drug-likeness (QED) is 0.426. The number of anilines is 1. The molecule has 9 heteroatoms. The number of aromatic nitrogens is 2.